The summed E-state index contributed by atoms with van der Waals surface area (Å²) in [6, 6.07) is 3.60. The highest BCUT2D eigenvalue weighted by molar-refractivity contribution is 14.1. The number of amides is 1. The Morgan fingerprint density at radius 1 is 1.59 bits per heavy atom. The van der Waals surface area contributed by atoms with E-state index in [0.29, 0.717) is 5.56 Å². The van der Waals surface area contributed by atoms with Crippen LogP contribution in [-0.4, -0.2) is 24.0 Å². The van der Waals surface area contributed by atoms with Gasteiger partial charge in [-0.05, 0) is 64.2 Å². The number of benzene rings is 1. The highest BCUT2D eigenvalue weighted by Gasteiger charge is 2.05. The lowest BCUT2D eigenvalue weighted by molar-refractivity contribution is 0.152. The molecule has 0 radical (unpaired) electrons. The first kappa shape index (κ1) is 14.5. The minimum absolute atomic E-state index is 0.139. The second kappa shape index (κ2) is 6.99. The molecule has 0 heterocycles. The van der Waals surface area contributed by atoms with Gasteiger partial charge in [-0.25, -0.2) is 10.2 Å². The summed E-state index contributed by atoms with van der Waals surface area (Å²) in [6.45, 7) is 1.99. The third-order valence-corrected chi connectivity index (χ3v) is 3.14. The lowest BCUT2D eigenvalue weighted by atomic mass is 10.2. The SMILES string of the molecule is CCOC(=O)N/N=C\c1cc(I)cc(I)c1O. The van der Waals surface area contributed by atoms with Crippen molar-refractivity contribution in [2.24, 2.45) is 5.10 Å². The molecule has 17 heavy (non-hydrogen) atoms. The van der Waals surface area contributed by atoms with E-state index in [9.17, 15) is 9.90 Å². The second-order valence-electron chi connectivity index (χ2n) is 2.92. The molecule has 0 unspecified atom stereocenters. The van der Waals surface area contributed by atoms with Crippen LogP contribution in [0.4, 0.5) is 4.79 Å². The predicted octanol–water partition coefficient (Wildman–Crippen LogP) is 2.68. The van der Waals surface area contributed by atoms with E-state index in [0.717, 1.165) is 7.14 Å². The van der Waals surface area contributed by atoms with Gasteiger partial charge in [-0.15, -0.1) is 0 Å². The van der Waals surface area contributed by atoms with Crippen LogP contribution in [0.15, 0.2) is 17.2 Å². The lowest BCUT2D eigenvalue weighted by Gasteiger charge is -2.03. The molecule has 7 heteroatoms. The summed E-state index contributed by atoms with van der Waals surface area (Å²) in [5.41, 5.74) is 2.73. The Morgan fingerprint density at radius 2 is 2.29 bits per heavy atom. The van der Waals surface area contributed by atoms with Crippen molar-refractivity contribution in [3.05, 3.63) is 24.8 Å². The molecule has 0 saturated heterocycles. The summed E-state index contributed by atoms with van der Waals surface area (Å²) in [6.07, 6.45) is 0.750. The summed E-state index contributed by atoms with van der Waals surface area (Å²) in [7, 11) is 0. The van der Waals surface area contributed by atoms with Gasteiger partial charge in [0.2, 0.25) is 0 Å². The number of ether oxygens (including phenoxy) is 1. The summed E-state index contributed by atoms with van der Waals surface area (Å²) < 4.78 is 6.33. The maximum absolute atomic E-state index is 10.9. The van der Waals surface area contributed by atoms with Gasteiger partial charge in [0.1, 0.15) is 5.75 Å². The number of nitrogens with one attached hydrogen (secondary N) is 1. The van der Waals surface area contributed by atoms with Gasteiger partial charge in [0.05, 0.1) is 16.4 Å². The third kappa shape index (κ3) is 4.66. The molecule has 5 nitrogen and oxygen atoms in total. The topological polar surface area (TPSA) is 70.9 Å². The molecule has 92 valence electrons. The number of rotatable bonds is 3. The number of hydrazone groups is 1. The molecule has 1 aromatic rings. The number of phenolic OH excluding ortho intramolecular Hbond substituents is 1. The van der Waals surface area contributed by atoms with Crippen molar-refractivity contribution in [2.45, 2.75) is 6.92 Å². The van der Waals surface area contributed by atoms with Crippen LogP contribution in [-0.2, 0) is 4.74 Å². The average molecular weight is 460 g/mol. The Kier molecular flexibility index (Phi) is 5.95. The third-order valence-electron chi connectivity index (χ3n) is 1.69. The van der Waals surface area contributed by atoms with Crippen LogP contribution in [0.1, 0.15) is 12.5 Å². The van der Waals surface area contributed by atoms with Crippen molar-refractivity contribution < 1.29 is 14.6 Å². The zero-order valence-corrected chi connectivity index (χ0v) is 13.2. The molecular formula is C10H10I2N2O3. The van der Waals surface area contributed by atoms with Gasteiger partial charge in [-0.3, -0.25) is 0 Å². The van der Waals surface area contributed by atoms with Crippen LogP contribution in [0, 0.1) is 7.14 Å². The number of aromatic hydroxyl groups is 1. The molecule has 0 bridgehead atoms. The zero-order valence-electron chi connectivity index (χ0n) is 8.91. The summed E-state index contributed by atoms with van der Waals surface area (Å²) in [5, 5.41) is 13.4. The fourth-order valence-corrected chi connectivity index (χ4v) is 2.89. The van der Waals surface area contributed by atoms with Crippen molar-refractivity contribution in [3.63, 3.8) is 0 Å². The van der Waals surface area contributed by atoms with Crippen molar-refractivity contribution in [1.29, 1.82) is 0 Å². The normalized spacial score (nSPS) is 10.5. The number of hydrogen-bond acceptors (Lipinski definition) is 4. The summed E-state index contributed by atoms with van der Waals surface area (Å²) in [4.78, 5) is 10.9. The average Bonchev–Trinajstić information content (AvgIpc) is 2.25. The fraction of sp³-hybridized carbons (Fsp3) is 0.200. The Hall–Kier alpha value is -0.580. The fourth-order valence-electron chi connectivity index (χ4n) is 1.00. The molecule has 1 aromatic carbocycles. The smallest absolute Gasteiger partial charge is 0.427 e. The Labute approximate surface area is 126 Å². The van der Waals surface area contributed by atoms with Crippen LogP contribution >= 0.6 is 45.2 Å². The molecule has 0 atom stereocenters. The number of carbonyl (C=O) groups excluding carboxylic acids is 1. The van der Waals surface area contributed by atoms with Gasteiger partial charge in [0, 0.05) is 9.13 Å². The van der Waals surface area contributed by atoms with E-state index < -0.39 is 6.09 Å². The molecule has 2 N–H and O–H groups in total. The van der Waals surface area contributed by atoms with E-state index in [4.69, 9.17) is 0 Å². The molecule has 0 aliphatic carbocycles. The number of carbonyl (C=O) groups is 1. The summed E-state index contributed by atoms with van der Waals surface area (Å²) in [5.74, 6) is 0.139. The van der Waals surface area contributed by atoms with Crippen LogP contribution in [0.3, 0.4) is 0 Å². The van der Waals surface area contributed by atoms with Crippen LogP contribution in [0.5, 0.6) is 5.75 Å². The number of phenols is 1. The van der Waals surface area contributed by atoms with E-state index in [1.807, 2.05) is 28.7 Å². The number of hydrogen-bond donors (Lipinski definition) is 2. The molecule has 0 aromatic heterocycles. The van der Waals surface area contributed by atoms with E-state index >= 15 is 0 Å². The first-order chi connectivity index (χ1) is 8.04. The molecule has 0 fully saturated rings. The van der Waals surface area contributed by atoms with E-state index in [-0.39, 0.29) is 12.4 Å². The van der Waals surface area contributed by atoms with Gasteiger partial charge in [0.15, 0.2) is 0 Å². The van der Waals surface area contributed by atoms with Crippen molar-refractivity contribution >= 4 is 57.5 Å². The van der Waals surface area contributed by atoms with Gasteiger partial charge in [-0.1, -0.05) is 0 Å². The zero-order chi connectivity index (χ0) is 12.8. The maximum Gasteiger partial charge on any atom is 0.427 e. The van der Waals surface area contributed by atoms with Crippen molar-refractivity contribution in [2.75, 3.05) is 6.61 Å². The largest absolute Gasteiger partial charge is 0.506 e. The predicted molar refractivity (Wildman–Crippen MR) is 81.3 cm³/mol. The summed E-state index contributed by atoms with van der Waals surface area (Å²) >= 11 is 4.16. The molecule has 0 spiro atoms. The number of nitrogens with zero attached hydrogens (tertiary/aromatic N) is 1. The van der Waals surface area contributed by atoms with Crippen LogP contribution in [0.25, 0.3) is 0 Å². The maximum atomic E-state index is 10.9. The highest BCUT2D eigenvalue weighted by atomic mass is 127. The Balaban J connectivity index is 2.74. The molecule has 0 aliphatic rings. The minimum atomic E-state index is -0.622. The van der Waals surface area contributed by atoms with Crippen LogP contribution < -0.4 is 5.43 Å². The first-order valence-electron chi connectivity index (χ1n) is 4.68. The van der Waals surface area contributed by atoms with E-state index in [2.05, 4.69) is 37.9 Å². The van der Waals surface area contributed by atoms with E-state index in [1.165, 1.54) is 6.21 Å². The number of halogens is 2. The van der Waals surface area contributed by atoms with Crippen molar-refractivity contribution in [1.82, 2.24) is 5.43 Å². The van der Waals surface area contributed by atoms with E-state index in [1.54, 1.807) is 13.0 Å². The van der Waals surface area contributed by atoms with Gasteiger partial charge >= 0.3 is 6.09 Å². The van der Waals surface area contributed by atoms with Gasteiger partial charge in [-0.2, -0.15) is 5.10 Å². The minimum Gasteiger partial charge on any atom is -0.506 e. The van der Waals surface area contributed by atoms with Crippen LogP contribution in [0.2, 0.25) is 0 Å². The first-order valence-corrected chi connectivity index (χ1v) is 6.84. The molecule has 1 amide bonds. The van der Waals surface area contributed by atoms with Crippen molar-refractivity contribution in [3.8, 4) is 5.75 Å². The monoisotopic (exact) mass is 460 g/mol. The van der Waals surface area contributed by atoms with Gasteiger partial charge in [0.25, 0.3) is 0 Å². The second-order valence-corrected chi connectivity index (χ2v) is 5.32. The van der Waals surface area contributed by atoms with Gasteiger partial charge < -0.3 is 9.84 Å². The standard InChI is InChI=1S/C10H10I2N2O3/c1-2-17-10(16)14-13-5-6-3-7(11)4-8(12)9(6)15/h3-5,15H,2H2,1H3,(H,14,16)/b13-5-. The molecule has 0 saturated carbocycles. The quantitative estimate of drug-likeness (QED) is 0.415. The Morgan fingerprint density at radius 3 is 2.94 bits per heavy atom. The molecule has 0 aliphatic heterocycles. The molecular weight excluding hydrogens is 450 g/mol. The molecule has 1 rings (SSSR count). The lowest BCUT2D eigenvalue weighted by Crippen LogP contribution is -2.18. The Bertz CT molecular complexity index is 449. The highest BCUT2D eigenvalue weighted by Crippen LogP contribution is 2.25.